The van der Waals surface area contributed by atoms with Gasteiger partial charge in [0.2, 0.25) is 5.13 Å². The highest BCUT2D eigenvalue weighted by Crippen LogP contribution is 2.34. The lowest BCUT2D eigenvalue weighted by Crippen LogP contribution is -2.23. The van der Waals surface area contributed by atoms with E-state index in [-0.39, 0.29) is 5.91 Å². The molecule has 0 unspecified atom stereocenters. The summed E-state index contributed by atoms with van der Waals surface area (Å²) in [6.07, 6.45) is 0.618. The molecule has 1 amide bonds. The van der Waals surface area contributed by atoms with Crippen LogP contribution in [0.25, 0.3) is 10.2 Å². The summed E-state index contributed by atoms with van der Waals surface area (Å²) in [5, 5.41) is 7.33. The van der Waals surface area contributed by atoms with E-state index in [0.29, 0.717) is 46.0 Å². The molecule has 8 heteroatoms. The number of anilines is 1. The maximum atomic E-state index is 13.3. The molecule has 1 aliphatic rings. The molecular formula is C22H20ClN3O2S2. The van der Waals surface area contributed by atoms with Crippen LogP contribution in [-0.4, -0.2) is 29.0 Å². The van der Waals surface area contributed by atoms with E-state index < -0.39 is 0 Å². The standard InChI is InChI=1S/C22H20ClN3O2S2/c1-3-18(28-4-2)20-17(13-29-15-11-9-14(23)10-12-15)25-26(21(20)27)22-24-16-7-5-6-8-19(16)30-22/h5-12H,3-4,13H2,1-2H3/b20-18-. The lowest BCUT2D eigenvalue weighted by atomic mass is 10.1. The molecule has 2 heterocycles. The van der Waals surface area contributed by atoms with E-state index in [4.69, 9.17) is 16.3 Å². The molecule has 5 nitrogen and oxygen atoms in total. The Morgan fingerprint density at radius 2 is 1.93 bits per heavy atom. The zero-order valence-electron chi connectivity index (χ0n) is 16.6. The lowest BCUT2D eigenvalue weighted by Gasteiger charge is -2.11. The van der Waals surface area contributed by atoms with Crippen LogP contribution in [0, 0.1) is 0 Å². The Hall–Kier alpha value is -2.35. The van der Waals surface area contributed by atoms with E-state index in [1.54, 1.807) is 11.8 Å². The first-order valence-electron chi connectivity index (χ1n) is 9.63. The summed E-state index contributed by atoms with van der Waals surface area (Å²) < 4.78 is 6.81. The number of hydrazone groups is 1. The monoisotopic (exact) mass is 457 g/mol. The third-order valence-corrected chi connectivity index (χ3v) is 6.77. The van der Waals surface area contributed by atoms with Crippen LogP contribution in [0.2, 0.25) is 5.02 Å². The molecule has 0 aliphatic carbocycles. The van der Waals surface area contributed by atoms with Crippen molar-refractivity contribution in [2.45, 2.75) is 25.2 Å². The number of fused-ring (bicyclic) bond motifs is 1. The highest BCUT2D eigenvalue weighted by Gasteiger charge is 2.35. The molecule has 30 heavy (non-hydrogen) atoms. The SMILES string of the molecule is CCO/C(CC)=C1\C(=O)N(c2nc3ccccc3s2)N=C1CSc1ccc(Cl)cc1. The normalized spacial score (nSPS) is 15.6. The Labute approximate surface area is 188 Å². The van der Waals surface area contributed by atoms with Crippen molar-refractivity contribution in [3.8, 4) is 0 Å². The van der Waals surface area contributed by atoms with Gasteiger partial charge in [0.05, 0.1) is 22.5 Å². The summed E-state index contributed by atoms with van der Waals surface area (Å²) in [6.45, 7) is 4.40. The molecule has 0 saturated carbocycles. The number of carbonyl (C=O) groups is 1. The molecule has 0 fully saturated rings. The number of hydrogen-bond acceptors (Lipinski definition) is 6. The molecular weight excluding hydrogens is 438 g/mol. The predicted molar refractivity (Wildman–Crippen MR) is 126 cm³/mol. The number of thioether (sulfide) groups is 1. The molecule has 0 atom stereocenters. The number of halogens is 1. The van der Waals surface area contributed by atoms with Gasteiger partial charge >= 0.3 is 0 Å². The number of hydrogen-bond donors (Lipinski definition) is 0. The topological polar surface area (TPSA) is 54.8 Å². The van der Waals surface area contributed by atoms with E-state index in [2.05, 4.69) is 10.1 Å². The number of thiazole rings is 1. The van der Waals surface area contributed by atoms with Gasteiger partial charge in [-0.1, -0.05) is 42.0 Å². The fourth-order valence-corrected chi connectivity index (χ4v) is 4.99. The molecule has 4 rings (SSSR count). The van der Waals surface area contributed by atoms with Crippen molar-refractivity contribution < 1.29 is 9.53 Å². The van der Waals surface area contributed by atoms with Gasteiger partial charge < -0.3 is 4.74 Å². The Morgan fingerprint density at radius 3 is 2.63 bits per heavy atom. The minimum atomic E-state index is -0.189. The van der Waals surface area contributed by atoms with Gasteiger partial charge in [-0.25, -0.2) is 4.98 Å². The Bertz CT molecular complexity index is 1110. The van der Waals surface area contributed by atoms with E-state index >= 15 is 0 Å². The largest absolute Gasteiger partial charge is 0.497 e. The lowest BCUT2D eigenvalue weighted by molar-refractivity contribution is -0.114. The molecule has 1 aliphatic heterocycles. The molecule has 0 bridgehead atoms. The fraction of sp³-hybridized carbons (Fsp3) is 0.227. The van der Waals surface area contributed by atoms with Crippen molar-refractivity contribution in [2.24, 2.45) is 5.10 Å². The summed E-state index contributed by atoms with van der Waals surface area (Å²) >= 11 is 9.04. The maximum Gasteiger partial charge on any atom is 0.286 e. The van der Waals surface area contributed by atoms with Crippen molar-refractivity contribution in [3.05, 3.63) is 64.9 Å². The van der Waals surface area contributed by atoms with Gasteiger partial charge in [-0.3, -0.25) is 4.79 Å². The second kappa shape index (κ2) is 9.20. The number of para-hydroxylation sites is 1. The van der Waals surface area contributed by atoms with E-state index in [9.17, 15) is 4.79 Å². The first-order chi connectivity index (χ1) is 14.6. The van der Waals surface area contributed by atoms with Crippen LogP contribution in [0.15, 0.2) is 69.9 Å². The number of carbonyl (C=O) groups excluding carboxylic acids is 1. The minimum Gasteiger partial charge on any atom is -0.497 e. The van der Waals surface area contributed by atoms with Crippen molar-refractivity contribution in [1.29, 1.82) is 0 Å². The van der Waals surface area contributed by atoms with Crippen molar-refractivity contribution in [1.82, 2.24) is 4.98 Å². The van der Waals surface area contributed by atoms with Crippen LogP contribution in [0.4, 0.5) is 5.13 Å². The predicted octanol–water partition coefficient (Wildman–Crippen LogP) is 6.15. The molecule has 0 spiro atoms. The molecule has 1 aromatic heterocycles. The van der Waals surface area contributed by atoms with Gasteiger partial charge in [-0.2, -0.15) is 10.1 Å². The highest BCUT2D eigenvalue weighted by molar-refractivity contribution is 8.00. The Kier molecular flexibility index (Phi) is 6.41. The van der Waals surface area contributed by atoms with Gasteiger partial charge in [0.25, 0.3) is 5.91 Å². The highest BCUT2D eigenvalue weighted by atomic mass is 35.5. The van der Waals surface area contributed by atoms with E-state index in [0.717, 1.165) is 15.1 Å². The van der Waals surface area contributed by atoms with E-state index in [1.807, 2.05) is 62.4 Å². The average Bonchev–Trinajstić information content (AvgIpc) is 3.32. The third-order valence-electron chi connectivity index (χ3n) is 4.49. The number of nitrogens with zero attached hydrogens (tertiary/aromatic N) is 3. The van der Waals surface area contributed by atoms with E-state index in [1.165, 1.54) is 16.3 Å². The number of ether oxygens (including phenoxy) is 1. The minimum absolute atomic E-state index is 0.189. The summed E-state index contributed by atoms with van der Waals surface area (Å²) in [5.41, 5.74) is 2.10. The summed E-state index contributed by atoms with van der Waals surface area (Å²) in [7, 11) is 0. The summed E-state index contributed by atoms with van der Waals surface area (Å²) in [4.78, 5) is 19.0. The van der Waals surface area contributed by atoms with Gasteiger partial charge in [0, 0.05) is 22.1 Å². The first-order valence-corrected chi connectivity index (χ1v) is 11.8. The molecule has 0 N–H and O–H groups in total. The first kappa shape index (κ1) is 20.9. The number of aromatic nitrogens is 1. The molecule has 0 saturated heterocycles. The number of benzene rings is 2. The second-order valence-electron chi connectivity index (χ2n) is 6.46. The zero-order valence-corrected chi connectivity index (χ0v) is 19.0. The maximum absolute atomic E-state index is 13.3. The summed E-state index contributed by atoms with van der Waals surface area (Å²) in [6, 6.07) is 15.5. The van der Waals surface area contributed by atoms with Crippen LogP contribution in [0.5, 0.6) is 0 Å². The van der Waals surface area contributed by atoms with Crippen LogP contribution >= 0.6 is 34.7 Å². The van der Waals surface area contributed by atoms with Gasteiger partial charge in [0.1, 0.15) is 11.3 Å². The second-order valence-corrected chi connectivity index (χ2v) is 8.95. The van der Waals surface area contributed by atoms with Crippen molar-refractivity contribution >= 4 is 61.7 Å². The summed E-state index contributed by atoms with van der Waals surface area (Å²) in [5.74, 6) is 1.02. The number of amides is 1. The van der Waals surface area contributed by atoms with Crippen LogP contribution in [-0.2, 0) is 9.53 Å². The van der Waals surface area contributed by atoms with Crippen molar-refractivity contribution in [2.75, 3.05) is 17.4 Å². The average molecular weight is 458 g/mol. The number of allylic oxidation sites excluding steroid dienone is 1. The number of rotatable bonds is 7. The van der Waals surface area contributed by atoms with Gasteiger partial charge in [-0.15, -0.1) is 11.8 Å². The van der Waals surface area contributed by atoms with Crippen LogP contribution in [0.3, 0.4) is 0 Å². The quantitative estimate of drug-likeness (QED) is 0.243. The molecule has 2 aromatic carbocycles. The van der Waals surface area contributed by atoms with Gasteiger partial charge in [-0.05, 0) is 43.3 Å². The van der Waals surface area contributed by atoms with Crippen LogP contribution in [0.1, 0.15) is 20.3 Å². The molecule has 154 valence electrons. The third kappa shape index (κ3) is 4.24. The Balaban J connectivity index is 1.69. The zero-order chi connectivity index (χ0) is 21.1. The Morgan fingerprint density at radius 1 is 1.17 bits per heavy atom. The molecule has 3 aromatic rings. The van der Waals surface area contributed by atoms with Gasteiger partial charge in [0.15, 0.2) is 0 Å². The fourth-order valence-electron chi connectivity index (χ4n) is 3.11. The van der Waals surface area contributed by atoms with Crippen LogP contribution < -0.4 is 5.01 Å². The van der Waals surface area contributed by atoms with Crippen molar-refractivity contribution in [3.63, 3.8) is 0 Å². The molecule has 0 radical (unpaired) electrons. The smallest absolute Gasteiger partial charge is 0.286 e.